The van der Waals surface area contributed by atoms with E-state index in [1.54, 1.807) is 0 Å². The zero-order valence-corrected chi connectivity index (χ0v) is 12.1. The van der Waals surface area contributed by atoms with Crippen molar-refractivity contribution in [3.05, 3.63) is 0 Å². The van der Waals surface area contributed by atoms with Crippen LogP contribution in [0.15, 0.2) is 0 Å². The molecule has 1 heteroatoms. The van der Waals surface area contributed by atoms with Crippen molar-refractivity contribution in [2.24, 2.45) is 11.3 Å². The van der Waals surface area contributed by atoms with Crippen LogP contribution in [0.5, 0.6) is 0 Å². The van der Waals surface area contributed by atoms with Gasteiger partial charge in [-0.25, -0.2) is 0 Å². The fraction of sp³-hybridized carbons (Fsp3) is 0.875. The van der Waals surface area contributed by atoms with Gasteiger partial charge in [-0.3, -0.25) is 0 Å². The molecule has 0 unspecified atom stereocenters. The maximum absolute atomic E-state index is 3.64. The molecule has 1 aliphatic carbocycles. The normalized spacial score (nSPS) is 25.2. The van der Waals surface area contributed by atoms with Crippen LogP contribution in [0, 0.1) is 23.2 Å². The summed E-state index contributed by atoms with van der Waals surface area (Å²) in [6, 6.07) is 0.748. The lowest BCUT2D eigenvalue weighted by Crippen LogP contribution is -2.37. The lowest BCUT2D eigenvalue weighted by molar-refractivity contribution is 0.137. The van der Waals surface area contributed by atoms with Crippen LogP contribution >= 0.6 is 0 Å². The van der Waals surface area contributed by atoms with Crippen molar-refractivity contribution in [3.63, 3.8) is 0 Å². The summed E-state index contributed by atoms with van der Waals surface area (Å²) >= 11 is 0. The lowest BCUT2D eigenvalue weighted by Gasteiger charge is -2.39. The van der Waals surface area contributed by atoms with E-state index in [1.807, 2.05) is 6.92 Å². The largest absolute Gasteiger partial charge is 0.313 e. The molecule has 1 fully saturated rings. The van der Waals surface area contributed by atoms with E-state index in [0.717, 1.165) is 24.9 Å². The summed E-state index contributed by atoms with van der Waals surface area (Å²) in [5.74, 6) is 7.00. The molecule has 0 aliphatic heterocycles. The van der Waals surface area contributed by atoms with Crippen molar-refractivity contribution in [3.8, 4) is 11.8 Å². The molecule has 0 bridgehead atoms. The third kappa shape index (κ3) is 4.72. The van der Waals surface area contributed by atoms with Gasteiger partial charge in [0.25, 0.3) is 0 Å². The Morgan fingerprint density at radius 1 is 1.18 bits per heavy atom. The molecule has 0 atom stereocenters. The molecule has 0 amide bonds. The molecule has 1 nitrogen and oxygen atoms in total. The van der Waals surface area contributed by atoms with Crippen molar-refractivity contribution in [1.82, 2.24) is 5.32 Å². The first-order valence-electron chi connectivity index (χ1n) is 7.23. The number of hydrogen-bond donors (Lipinski definition) is 1. The van der Waals surface area contributed by atoms with Gasteiger partial charge in [0.05, 0.1) is 0 Å². The highest BCUT2D eigenvalue weighted by Crippen LogP contribution is 2.40. The van der Waals surface area contributed by atoms with Crippen molar-refractivity contribution in [1.29, 1.82) is 0 Å². The van der Waals surface area contributed by atoms with Gasteiger partial charge in [-0.2, -0.15) is 0 Å². The van der Waals surface area contributed by atoms with Crippen LogP contribution in [0.25, 0.3) is 0 Å². The molecule has 1 rings (SSSR count). The van der Waals surface area contributed by atoms with E-state index >= 15 is 0 Å². The van der Waals surface area contributed by atoms with Crippen LogP contribution in [0.4, 0.5) is 0 Å². The van der Waals surface area contributed by atoms with Gasteiger partial charge < -0.3 is 5.32 Å². The minimum absolute atomic E-state index is 0.540. The highest BCUT2D eigenvalue weighted by molar-refractivity contribution is 4.95. The molecule has 0 aromatic rings. The molecule has 1 N–H and O–H groups in total. The highest BCUT2D eigenvalue weighted by atomic mass is 14.9. The zero-order chi connectivity index (χ0) is 12.7. The molecule has 0 radical (unpaired) electrons. The second-order valence-electron chi connectivity index (χ2n) is 6.02. The standard InChI is InChI=1S/C16H29N/c1-5-7-8-13-17-15-11-9-14(10-12-15)16(3,4)6-2/h14-15,17H,6,8-13H2,1-4H3. The van der Waals surface area contributed by atoms with Gasteiger partial charge in [-0.1, -0.05) is 27.2 Å². The maximum Gasteiger partial charge on any atom is 0.0214 e. The molecular formula is C16H29N. The Balaban J connectivity index is 2.23. The van der Waals surface area contributed by atoms with Gasteiger partial charge in [0.1, 0.15) is 0 Å². The fourth-order valence-electron chi connectivity index (χ4n) is 2.83. The van der Waals surface area contributed by atoms with Crippen LogP contribution < -0.4 is 5.32 Å². The monoisotopic (exact) mass is 235 g/mol. The first-order chi connectivity index (χ1) is 8.10. The number of nitrogens with one attached hydrogen (secondary N) is 1. The predicted molar refractivity (Wildman–Crippen MR) is 75.9 cm³/mol. The Labute approximate surface area is 108 Å². The molecule has 0 spiro atoms. The van der Waals surface area contributed by atoms with E-state index in [0.29, 0.717) is 5.41 Å². The summed E-state index contributed by atoms with van der Waals surface area (Å²) in [5.41, 5.74) is 0.540. The smallest absolute Gasteiger partial charge is 0.0214 e. The maximum atomic E-state index is 3.64. The minimum Gasteiger partial charge on any atom is -0.313 e. The van der Waals surface area contributed by atoms with Crippen LogP contribution in [-0.4, -0.2) is 12.6 Å². The van der Waals surface area contributed by atoms with E-state index in [-0.39, 0.29) is 0 Å². The third-order valence-corrected chi connectivity index (χ3v) is 4.60. The van der Waals surface area contributed by atoms with E-state index in [4.69, 9.17) is 0 Å². The average Bonchev–Trinajstić information content (AvgIpc) is 2.35. The molecule has 17 heavy (non-hydrogen) atoms. The second kappa shape index (κ2) is 7.07. The highest BCUT2D eigenvalue weighted by Gasteiger charge is 2.31. The molecule has 1 aliphatic rings. The average molecular weight is 235 g/mol. The van der Waals surface area contributed by atoms with E-state index in [2.05, 4.69) is 37.9 Å². The van der Waals surface area contributed by atoms with Crippen LogP contribution in [0.2, 0.25) is 0 Å². The Hall–Kier alpha value is -0.480. The lowest BCUT2D eigenvalue weighted by atomic mass is 9.69. The third-order valence-electron chi connectivity index (χ3n) is 4.60. The second-order valence-corrected chi connectivity index (χ2v) is 6.02. The molecular weight excluding hydrogens is 206 g/mol. The first-order valence-corrected chi connectivity index (χ1v) is 7.23. The van der Waals surface area contributed by atoms with E-state index < -0.39 is 0 Å². The van der Waals surface area contributed by atoms with Crippen molar-refractivity contribution in [2.75, 3.05) is 6.54 Å². The molecule has 0 saturated heterocycles. The van der Waals surface area contributed by atoms with Crippen LogP contribution in [0.1, 0.15) is 66.2 Å². The summed E-state index contributed by atoms with van der Waals surface area (Å²) in [7, 11) is 0. The van der Waals surface area contributed by atoms with Crippen molar-refractivity contribution < 1.29 is 0 Å². The molecule has 0 heterocycles. The Kier molecular flexibility index (Phi) is 6.06. The van der Waals surface area contributed by atoms with Gasteiger partial charge in [0.15, 0.2) is 0 Å². The Bertz CT molecular complexity index is 261. The van der Waals surface area contributed by atoms with Crippen LogP contribution in [-0.2, 0) is 0 Å². The Morgan fingerprint density at radius 3 is 2.35 bits per heavy atom. The molecule has 0 aromatic heterocycles. The minimum atomic E-state index is 0.540. The van der Waals surface area contributed by atoms with Gasteiger partial charge >= 0.3 is 0 Å². The number of hydrogen-bond acceptors (Lipinski definition) is 1. The fourth-order valence-corrected chi connectivity index (χ4v) is 2.83. The van der Waals surface area contributed by atoms with Gasteiger partial charge in [-0.05, 0) is 43.9 Å². The Morgan fingerprint density at radius 2 is 1.82 bits per heavy atom. The molecule has 1 saturated carbocycles. The van der Waals surface area contributed by atoms with Crippen molar-refractivity contribution in [2.45, 2.75) is 72.3 Å². The first kappa shape index (κ1) is 14.6. The molecule has 98 valence electrons. The molecule has 0 aromatic carbocycles. The zero-order valence-electron chi connectivity index (χ0n) is 12.1. The van der Waals surface area contributed by atoms with Crippen molar-refractivity contribution >= 4 is 0 Å². The van der Waals surface area contributed by atoms with Gasteiger partial charge in [-0.15, -0.1) is 11.8 Å². The van der Waals surface area contributed by atoms with Gasteiger partial charge in [0, 0.05) is 19.0 Å². The SMILES string of the molecule is CC#CCCNC1CCC(C(C)(C)CC)CC1. The summed E-state index contributed by atoms with van der Waals surface area (Å²) in [6.07, 6.45) is 7.82. The van der Waals surface area contributed by atoms with Crippen LogP contribution in [0.3, 0.4) is 0 Å². The summed E-state index contributed by atoms with van der Waals surface area (Å²) in [4.78, 5) is 0. The number of rotatable bonds is 5. The van der Waals surface area contributed by atoms with E-state index in [9.17, 15) is 0 Å². The van der Waals surface area contributed by atoms with E-state index in [1.165, 1.54) is 32.1 Å². The topological polar surface area (TPSA) is 12.0 Å². The van der Waals surface area contributed by atoms with Gasteiger partial charge in [0.2, 0.25) is 0 Å². The summed E-state index contributed by atoms with van der Waals surface area (Å²) in [6.45, 7) is 10.2. The summed E-state index contributed by atoms with van der Waals surface area (Å²) < 4.78 is 0. The quantitative estimate of drug-likeness (QED) is 0.561. The summed E-state index contributed by atoms with van der Waals surface area (Å²) in [5, 5.41) is 3.64. The predicted octanol–water partition coefficient (Wildman–Crippen LogP) is 3.98.